The van der Waals surface area contributed by atoms with Crippen molar-refractivity contribution in [2.24, 2.45) is 0 Å². The Bertz CT molecular complexity index is 493. The average Bonchev–Trinajstić information content (AvgIpc) is 2.46. The van der Waals surface area contributed by atoms with E-state index in [0.29, 0.717) is 6.54 Å². The molecule has 1 atom stereocenters. The number of likely N-dealkylation sites (N-methyl/N-ethyl adjacent to an activating group) is 1. The van der Waals surface area contributed by atoms with E-state index >= 15 is 0 Å². The summed E-state index contributed by atoms with van der Waals surface area (Å²) >= 11 is 0. The van der Waals surface area contributed by atoms with Gasteiger partial charge in [-0.2, -0.15) is 13.2 Å². The van der Waals surface area contributed by atoms with E-state index in [1.165, 1.54) is 19.2 Å². The van der Waals surface area contributed by atoms with Gasteiger partial charge in [0.15, 0.2) is 6.10 Å². The number of carbonyl (C=O) groups excluding carboxylic acids is 1. The zero-order chi connectivity index (χ0) is 14.8. The number of halogens is 3. The fourth-order valence-electron chi connectivity index (χ4n) is 1.93. The summed E-state index contributed by atoms with van der Waals surface area (Å²) in [5, 5.41) is 2.45. The van der Waals surface area contributed by atoms with Crippen LogP contribution < -0.4 is 10.2 Å². The molecule has 1 unspecified atom stereocenters. The first kappa shape index (κ1) is 14.6. The van der Waals surface area contributed by atoms with Crippen LogP contribution in [0.25, 0.3) is 0 Å². The highest BCUT2D eigenvalue weighted by Crippen LogP contribution is 2.29. The highest BCUT2D eigenvalue weighted by Gasteiger charge is 2.33. The fraction of sp³-hybridized carbons (Fsp3) is 0.500. The van der Waals surface area contributed by atoms with Crippen molar-refractivity contribution < 1.29 is 22.7 Å². The molecular weight excluding hydrogens is 275 g/mol. The second-order valence-corrected chi connectivity index (χ2v) is 4.30. The normalized spacial score (nSPS) is 19.8. The summed E-state index contributed by atoms with van der Waals surface area (Å²) in [6, 6.07) is 3.71. The highest BCUT2D eigenvalue weighted by molar-refractivity contribution is 5.81. The van der Waals surface area contributed by atoms with Gasteiger partial charge in [-0.25, -0.2) is 4.98 Å². The van der Waals surface area contributed by atoms with Crippen molar-refractivity contribution in [2.75, 3.05) is 31.6 Å². The molecule has 1 N–H and O–H groups in total. The third-order valence-electron chi connectivity index (χ3n) is 2.95. The van der Waals surface area contributed by atoms with Gasteiger partial charge >= 0.3 is 6.18 Å². The fourth-order valence-corrected chi connectivity index (χ4v) is 1.93. The maximum absolute atomic E-state index is 12.6. The lowest BCUT2D eigenvalue weighted by Crippen LogP contribution is -2.49. The first-order valence-corrected chi connectivity index (χ1v) is 6.04. The van der Waals surface area contributed by atoms with Crippen LogP contribution in [0, 0.1) is 0 Å². The van der Waals surface area contributed by atoms with Crippen LogP contribution >= 0.6 is 0 Å². The van der Waals surface area contributed by atoms with Gasteiger partial charge in [-0.3, -0.25) is 4.79 Å². The molecule has 1 aromatic rings. The Balaban J connectivity index is 2.17. The SMILES string of the molecule is CNC(=O)C1CN(c2cccc(C(F)(F)F)n2)CCO1. The number of nitrogens with one attached hydrogen (secondary N) is 1. The lowest BCUT2D eigenvalue weighted by molar-refractivity contribution is -0.141. The first-order chi connectivity index (χ1) is 9.41. The number of pyridine rings is 1. The molecule has 0 aromatic carbocycles. The number of rotatable bonds is 2. The molecule has 0 radical (unpaired) electrons. The quantitative estimate of drug-likeness (QED) is 0.884. The summed E-state index contributed by atoms with van der Waals surface area (Å²) in [4.78, 5) is 16.7. The van der Waals surface area contributed by atoms with Crippen molar-refractivity contribution in [2.45, 2.75) is 12.3 Å². The molecule has 1 fully saturated rings. The Hall–Kier alpha value is -1.83. The maximum Gasteiger partial charge on any atom is 0.433 e. The van der Waals surface area contributed by atoms with E-state index < -0.39 is 18.0 Å². The highest BCUT2D eigenvalue weighted by atomic mass is 19.4. The predicted molar refractivity (Wildman–Crippen MR) is 65.3 cm³/mol. The molecule has 1 amide bonds. The van der Waals surface area contributed by atoms with Crippen LogP contribution in [-0.4, -0.2) is 43.7 Å². The van der Waals surface area contributed by atoms with Gasteiger partial charge in [0, 0.05) is 13.6 Å². The number of amides is 1. The van der Waals surface area contributed by atoms with E-state index in [-0.39, 0.29) is 24.9 Å². The molecule has 0 aliphatic carbocycles. The van der Waals surface area contributed by atoms with Gasteiger partial charge in [-0.1, -0.05) is 6.07 Å². The minimum atomic E-state index is -4.48. The molecular formula is C12H14F3N3O2. The number of anilines is 1. The Morgan fingerprint density at radius 2 is 2.25 bits per heavy atom. The van der Waals surface area contributed by atoms with Gasteiger partial charge in [0.25, 0.3) is 5.91 Å². The van der Waals surface area contributed by atoms with E-state index in [4.69, 9.17) is 4.74 Å². The van der Waals surface area contributed by atoms with Gasteiger partial charge in [0.05, 0.1) is 13.2 Å². The van der Waals surface area contributed by atoms with Crippen LogP contribution in [0.1, 0.15) is 5.69 Å². The second-order valence-electron chi connectivity index (χ2n) is 4.30. The summed E-state index contributed by atoms with van der Waals surface area (Å²) in [5.41, 5.74) is -0.946. The van der Waals surface area contributed by atoms with Gasteiger partial charge in [-0.05, 0) is 12.1 Å². The van der Waals surface area contributed by atoms with Gasteiger partial charge in [0.1, 0.15) is 11.5 Å². The van der Waals surface area contributed by atoms with Crippen LogP contribution in [0.2, 0.25) is 0 Å². The van der Waals surface area contributed by atoms with Crippen LogP contribution in [0.3, 0.4) is 0 Å². The topological polar surface area (TPSA) is 54.5 Å². The van der Waals surface area contributed by atoms with Gasteiger partial charge in [-0.15, -0.1) is 0 Å². The molecule has 1 aliphatic heterocycles. The molecule has 0 bridgehead atoms. The van der Waals surface area contributed by atoms with Crippen LogP contribution in [0.5, 0.6) is 0 Å². The molecule has 0 spiro atoms. The molecule has 110 valence electrons. The smallest absolute Gasteiger partial charge is 0.365 e. The molecule has 0 saturated carbocycles. The van der Waals surface area contributed by atoms with Crippen molar-refractivity contribution in [3.8, 4) is 0 Å². The number of ether oxygens (including phenoxy) is 1. The summed E-state index contributed by atoms with van der Waals surface area (Å²) in [6.07, 6.45) is -5.19. The summed E-state index contributed by atoms with van der Waals surface area (Å²) in [6.45, 7) is 0.825. The maximum atomic E-state index is 12.6. The predicted octanol–water partition coefficient (Wildman–Crippen LogP) is 1.05. The number of hydrogen-bond acceptors (Lipinski definition) is 4. The number of morpholine rings is 1. The van der Waals surface area contributed by atoms with E-state index in [1.807, 2.05) is 0 Å². The van der Waals surface area contributed by atoms with Crippen molar-refractivity contribution in [1.29, 1.82) is 0 Å². The number of aromatic nitrogens is 1. The Morgan fingerprint density at radius 1 is 1.50 bits per heavy atom. The molecule has 1 aliphatic rings. The summed E-state index contributed by atoms with van der Waals surface area (Å²) < 4.78 is 43.2. The summed E-state index contributed by atoms with van der Waals surface area (Å²) in [5.74, 6) is -0.112. The molecule has 20 heavy (non-hydrogen) atoms. The van der Waals surface area contributed by atoms with Crippen molar-refractivity contribution in [1.82, 2.24) is 10.3 Å². The van der Waals surface area contributed by atoms with E-state index in [1.54, 1.807) is 4.90 Å². The minimum Gasteiger partial charge on any atom is -0.365 e. The number of nitrogens with zero attached hydrogens (tertiary/aromatic N) is 2. The molecule has 1 aromatic heterocycles. The Morgan fingerprint density at radius 3 is 2.90 bits per heavy atom. The minimum absolute atomic E-state index is 0.175. The lowest BCUT2D eigenvalue weighted by atomic mass is 10.2. The number of hydrogen-bond donors (Lipinski definition) is 1. The standard InChI is InChI=1S/C12H14F3N3O2/c1-16-11(19)8-7-18(5-6-20-8)10-4-2-3-9(17-10)12(13,14)15/h2-4,8H,5-7H2,1H3,(H,16,19). The van der Waals surface area contributed by atoms with Crippen LogP contribution in [0.4, 0.5) is 19.0 Å². The largest absolute Gasteiger partial charge is 0.433 e. The summed E-state index contributed by atoms with van der Waals surface area (Å²) in [7, 11) is 1.48. The Labute approximate surface area is 113 Å². The zero-order valence-corrected chi connectivity index (χ0v) is 10.8. The number of carbonyl (C=O) groups is 1. The Kier molecular flexibility index (Phi) is 4.12. The van der Waals surface area contributed by atoms with E-state index in [2.05, 4.69) is 10.3 Å². The first-order valence-electron chi connectivity index (χ1n) is 6.04. The third-order valence-corrected chi connectivity index (χ3v) is 2.95. The molecule has 2 heterocycles. The van der Waals surface area contributed by atoms with Crippen molar-refractivity contribution in [3.05, 3.63) is 23.9 Å². The third kappa shape index (κ3) is 3.19. The van der Waals surface area contributed by atoms with Crippen LogP contribution in [0.15, 0.2) is 18.2 Å². The van der Waals surface area contributed by atoms with Crippen molar-refractivity contribution >= 4 is 11.7 Å². The lowest BCUT2D eigenvalue weighted by Gasteiger charge is -2.32. The number of alkyl halides is 3. The average molecular weight is 289 g/mol. The second kappa shape index (κ2) is 5.66. The molecule has 5 nitrogen and oxygen atoms in total. The van der Waals surface area contributed by atoms with Gasteiger partial charge in [0.2, 0.25) is 0 Å². The molecule has 8 heteroatoms. The van der Waals surface area contributed by atoms with Crippen LogP contribution in [-0.2, 0) is 15.7 Å². The van der Waals surface area contributed by atoms with E-state index in [9.17, 15) is 18.0 Å². The monoisotopic (exact) mass is 289 g/mol. The zero-order valence-electron chi connectivity index (χ0n) is 10.8. The molecule has 2 rings (SSSR count). The van der Waals surface area contributed by atoms with E-state index in [0.717, 1.165) is 6.07 Å². The molecule has 1 saturated heterocycles. The van der Waals surface area contributed by atoms with Crippen molar-refractivity contribution in [3.63, 3.8) is 0 Å². The van der Waals surface area contributed by atoms with Gasteiger partial charge < -0.3 is 15.0 Å².